The van der Waals surface area contributed by atoms with E-state index in [2.05, 4.69) is 0 Å². The molecule has 1 saturated heterocycles. The number of piperidine rings is 1. The quantitative estimate of drug-likeness (QED) is 0.107. The number of quaternary nitrogens is 1. The highest BCUT2D eigenvalue weighted by atomic mass is 79.9. The van der Waals surface area contributed by atoms with Gasteiger partial charge in [-0.15, -0.1) is 0 Å². The maximum Gasteiger partial charge on any atom is 0.141 e. The van der Waals surface area contributed by atoms with Crippen molar-refractivity contribution < 1.29 is 58.7 Å². The zero-order valence-corrected chi connectivity index (χ0v) is 34.0. The Morgan fingerprint density at radius 2 is 0.746 bits per heavy atom. The molecule has 1 spiro atoms. The van der Waals surface area contributed by atoms with Gasteiger partial charge in [0.05, 0.1) is 26.3 Å². The summed E-state index contributed by atoms with van der Waals surface area (Å²) in [6.45, 7) is 3.34. The molecule has 0 atom stereocenters. The predicted molar refractivity (Wildman–Crippen MR) is 213 cm³/mol. The highest BCUT2D eigenvalue weighted by molar-refractivity contribution is 5.85. The van der Waals surface area contributed by atoms with Crippen LogP contribution in [0.3, 0.4) is 0 Å². The van der Waals surface area contributed by atoms with Crippen LogP contribution in [0.4, 0.5) is 17.6 Å². The van der Waals surface area contributed by atoms with Crippen molar-refractivity contribution in [3.63, 3.8) is 0 Å². The van der Waals surface area contributed by atoms with E-state index in [1.54, 1.807) is 48.5 Å². The number of aliphatic hydroxyl groups is 2. The zero-order valence-electron chi connectivity index (χ0n) is 32.4. The first kappa shape index (κ1) is 40.8. The molecule has 3 aliphatic heterocycles. The highest BCUT2D eigenvalue weighted by Gasteiger charge is 2.47. The molecule has 3 heterocycles. The third-order valence-corrected chi connectivity index (χ3v) is 12.4. The van der Waals surface area contributed by atoms with Crippen molar-refractivity contribution in [3.8, 4) is 22.6 Å². The molecule has 0 unspecified atom stereocenters. The number of rotatable bonds is 6. The second kappa shape index (κ2) is 16.2. The molecule has 3 aliphatic rings. The molecule has 59 heavy (non-hydrogen) atoms. The summed E-state index contributed by atoms with van der Waals surface area (Å²) in [5.41, 5.74) is 1.94. The first-order valence-corrected chi connectivity index (χ1v) is 20.0. The first-order chi connectivity index (χ1) is 28.1. The Morgan fingerprint density at radius 1 is 0.424 bits per heavy atom. The number of ether oxygens (including phenoxy) is 2. The van der Waals surface area contributed by atoms with E-state index in [9.17, 15) is 27.8 Å². The van der Waals surface area contributed by atoms with E-state index in [1.165, 1.54) is 48.5 Å². The monoisotopic (exact) mass is 865 g/mol. The van der Waals surface area contributed by atoms with Crippen molar-refractivity contribution in [1.82, 2.24) is 0 Å². The Labute approximate surface area is 351 Å². The highest BCUT2D eigenvalue weighted by Crippen LogP contribution is 2.54. The number of halogens is 5. The molecule has 0 aromatic heterocycles. The molecule has 6 aromatic rings. The van der Waals surface area contributed by atoms with Gasteiger partial charge in [0.2, 0.25) is 0 Å². The van der Waals surface area contributed by atoms with Crippen molar-refractivity contribution in [2.45, 2.75) is 56.4 Å². The average molecular weight is 867 g/mol. The molecule has 9 rings (SSSR count). The van der Waals surface area contributed by atoms with Gasteiger partial charge in [0.25, 0.3) is 0 Å². The summed E-state index contributed by atoms with van der Waals surface area (Å²) < 4.78 is 72.0. The fourth-order valence-corrected chi connectivity index (χ4v) is 9.56. The maximum absolute atomic E-state index is 14.5. The third-order valence-electron chi connectivity index (χ3n) is 12.4. The lowest BCUT2D eigenvalue weighted by atomic mass is 9.74. The summed E-state index contributed by atoms with van der Waals surface area (Å²) in [6, 6.07) is 30.4. The molecule has 304 valence electrons. The summed E-state index contributed by atoms with van der Waals surface area (Å²) >= 11 is 0. The van der Waals surface area contributed by atoms with Gasteiger partial charge in [0.15, 0.2) is 0 Å². The van der Waals surface area contributed by atoms with E-state index >= 15 is 0 Å². The lowest BCUT2D eigenvalue weighted by Crippen LogP contribution is -3.00. The fourth-order valence-electron chi connectivity index (χ4n) is 9.56. The van der Waals surface area contributed by atoms with Gasteiger partial charge >= 0.3 is 0 Å². The Bertz CT molecular complexity index is 2190. The van der Waals surface area contributed by atoms with Crippen LogP contribution in [0.1, 0.15) is 76.6 Å². The largest absolute Gasteiger partial charge is 1.00 e. The Kier molecular flexibility index (Phi) is 11.2. The molecular weight excluding hydrogens is 822 g/mol. The summed E-state index contributed by atoms with van der Waals surface area (Å²) in [4.78, 5) is 0. The second-order valence-electron chi connectivity index (χ2n) is 15.9. The van der Waals surface area contributed by atoms with E-state index in [0.717, 1.165) is 56.3 Å². The van der Waals surface area contributed by atoms with Crippen LogP contribution in [-0.4, -0.2) is 41.0 Å². The van der Waals surface area contributed by atoms with Gasteiger partial charge in [-0.2, -0.15) is 0 Å². The third kappa shape index (κ3) is 7.24. The average Bonchev–Trinajstić information content (AvgIpc) is 3.37. The lowest BCUT2D eigenvalue weighted by molar-refractivity contribution is -0.957. The molecule has 0 saturated carbocycles. The summed E-state index contributed by atoms with van der Waals surface area (Å²) in [5, 5.41) is 26.8. The number of hydrogen-bond donors (Lipinski definition) is 2. The van der Waals surface area contributed by atoms with Gasteiger partial charge in [-0.3, -0.25) is 0 Å². The maximum atomic E-state index is 14.5. The summed E-state index contributed by atoms with van der Waals surface area (Å²) in [5.74, 6) is -0.685. The first-order valence-electron chi connectivity index (χ1n) is 20.0. The standard InChI is InChI=1S/C49H44F4NO4.BrH/c50-36-14-6-32(7-15-36)48(55,33-8-16-37(51)17-9-33)42-22-24-44-46-40(42)30-54(26-2-1-3-27-54)31-41-43(23-25-45(47(41)46)58-29-5-4-28-57-44)49(56,34-10-18-38(52)19-11-34)35-12-20-39(53)21-13-35;/h6-25,55-56H,1-5,26-31H2;1H/q+1;/p-1. The number of benzene rings is 6. The van der Waals surface area contributed by atoms with Crippen LogP contribution < -0.4 is 26.5 Å². The Hall–Kier alpha value is -5.00. The van der Waals surface area contributed by atoms with E-state index in [0.29, 0.717) is 86.8 Å². The van der Waals surface area contributed by atoms with Crippen molar-refractivity contribution in [3.05, 3.63) is 189 Å². The molecule has 1 fully saturated rings. The number of nitrogens with zero attached hydrogens (tertiary/aromatic N) is 1. The van der Waals surface area contributed by atoms with E-state index < -0.39 is 34.5 Å². The molecule has 0 aliphatic carbocycles. The molecule has 0 bridgehead atoms. The predicted octanol–water partition coefficient (Wildman–Crippen LogP) is 7.05. The van der Waals surface area contributed by atoms with E-state index in [4.69, 9.17) is 9.47 Å². The van der Waals surface area contributed by atoms with Gasteiger partial charge in [-0.25, -0.2) is 17.6 Å². The SMILES string of the molecule is OC(c1ccc(F)cc1)(c1ccc(F)cc1)c1ccc2c3c1C[N+]1(CCCCC1)Cc1c(C(O)(c4ccc(F)cc4)c4ccc(F)cc4)ccc(c1-3)OCCCCO2.[Br-]. The van der Waals surface area contributed by atoms with Crippen LogP contribution in [0, 0.1) is 23.3 Å². The van der Waals surface area contributed by atoms with E-state index in [-0.39, 0.29) is 17.0 Å². The van der Waals surface area contributed by atoms with E-state index in [1.807, 2.05) is 24.3 Å². The molecule has 0 amide bonds. The van der Waals surface area contributed by atoms with Crippen LogP contribution in [0.5, 0.6) is 11.5 Å². The topological polar surface area (TPSA) is 58.9 Å². The van der Waals surface area contributed by atoms with Crippen LogP contribution in [0.15, 0.2) is 121 Å². The minimum Gasteiger partial charge on any atom is -1.00 e. The molecule has 0 radical (unpaired) electrons. The van der Waals surface area contributed by atoms with Crippen molar-refractivity contribution in [2.24, 2.45) is 0 Å². The van der Waals surface area contributed by atoms with Crippen LogP contribution in [-0.2, 0) is 24.3 Å². The molecule has 6 aromatic carbocycles. The Morgan fingerprint density at radius 3 is 1.07 bits per heavy atom. The van der Waals surface area contributed by atoms with Crippen molar-refractivity contribution in [1.29, 1.82) is 0 Å². The van der Waals surface area contributed by atoms with Crippen molar-refractivity contribution >= 4 is 0 Å². The zero-order chi connectivity index (χ0) is 40.1. The second-order valence-corrected chi connectivity index (χ2v) is 15.9. The van der Waals surface area contributed by atoms with Crippen LogP contribution in [0.2, 0.25) is 0 Å². The lowest BCUT2D eigenvalue weighted by Gasteiger charge is -2.43. The summed E-state index contributed by atoms with van der Waals surface area (Å²) in [6.07, 6.45) is 4.42. The minimum atomic E-state index is -1.87. The van der Waals surface area contributed by atoms with Crippen LogP contribution in [0.25, 0.3) is 11.1 Å². The van der Waals surface area contributed by atoms with Gasteiger partial charge in [0.1, 0.15) is 59.1 Å². The van der Waals surface area contributed by atoms with Crippen LogP contribution >= 0.6 is 0 Å². The molecule has 2 N–H and O–H groups in total. The Balaban J connectivity index is 0.00000484. The summed E-state index contributed by atoms with van der Waals surface area (Å²) in [7, 11) is 0. The van der Waals surface area contributed by atoms with Gasteiger partial charge in [0, 0.05) is 33.4 Å². The normalized spacial score (nSPS) is 16.2. The van der Waals surface area contributed by atoms with Crippen molar-refractivity contribution in [2.75, 3.05) is 26.3 Å². The molecule has 10 heteroatoms. The van der Waals surface area contributed by atoms with Gasteiger partial charge < -0.3 is 41.2 Å². The van der Waals surface area contributed by atoms with Gasteiger partial charge in [-0.05, 0) is 115 Å². The number of hydrogen-bond acceptors (Lipinski definition) is 4. The molecule has 5 nitrogen and oxygen atoms in total. The minimum absolute atomic E-state index is 0. The smallest absolute Gasteiger partial charge is 0.141 e. The molecular formula is C49H44BrF4NO4. The fraction of sp³-hybridized carbons (Fsp3) is 0.265. The van der Waals surface area contributed by atoms with Gasteiger partial charge in [-0.1, -0.05) is 60.7 Å².